The number of hydrogen-bond acceptors (Lipinski definition) is 17. The first-order chi connectivity index (χ1) is 39.0. The Morgan fingerprint density at radius 3 is 1.45 bits per heavy atom. The third-order valence-electron chi connectivity index (χ3n) is 14.5. The lowest BCUT2D eigenvalue weighted by Gasteiger charge is -2.31. The molecule has 0 aliphatic carbocycles. The van der Waals surface area contributed by atoms with Crippen LogP contribution in [-0.4, -0.2) is 188 Å². The van der Waals surface area contributed by atoms with Crippen LogP contribution in [0.25, 0.3) is 0 Å². The summed E-state index contributed by atoms with van der Waals surface area (Å²) in [6, 6.07) is -6.76. The predicted octanol–water partition coefficient (Wildman–Crippen LogP) is -4.60. The van der Waals surface area contributed by atoms with E-state index in [4.69, 9.17) is 22.9 Å². The molecule has 20 N–H and O–H groups in total. The number of primary amides is 2. The van der Waals surface area contributed by atoms with Crippen LogP contribution >= 0.6 is 0 Å². The van der Waals surface area contributed by atoms with Gasteiger partial charge in [0.05, 0.1) is 24.4 Å². The summed E-state index contributed by atoms with van der Waals surface area (Å²) in [4.78, 5) is 162. The molecular formula is C54H89N13O16. The summed E-state index contributed by atoms with van der Waals surface area (Å²) in [6.45, 7) is 10.8. The maximum absolute atomic E-state index is 14.2. The number of likely N-dealkylation sites (tertiary alicyclic amines) is 1. The monoisotopic (exact) mass is 1180 g/mol. The lowest BCUT2D eigenvalue weighted by Crippen LogP contribution is -2.63. The average molecular weight is 1180 g/mol. The number of nitrogens with two attached hydrogens (primary N) is 4. The van der Waals surface area contributed by atoms with Gasteiger partial charge < -0.3 is 90.8 Å². The van der Waals surface area contributed by atoms with Crippen molar-refractivity contribution in [1.29, 1.82) is 0 Å². The van der Waals surface area contributed by atoms with E-state index in [9.17, 15) is 78.0 Å². The molecule has 83 heavy (non-hydrogen) atoms. The maximum atomic E-state index is 14.2. The second-order valence-corrected chi connectivity index (χ2v) is 21.2. The summed E-state index contributed by atoms with van der Waals surface area (Å²) < 4.78 is 0. The van der Waals surface area contributed by atoms with Gasteiger partial charge in [-0.25, -0.2) is 4.79 Å². The number of benzene rings is 1. The van der Waals surface area contributed by atoms with E-state index in [2.05, 4.69) is 42.5 Å². The summed E-state index contributed by atoms with van der Waals surface area (Å²) in [6.07, 6.45) is -4.97. The van der Waals surface area contributed by atoms with Crippen LogP contribution in [0.1, 0.15) is 125 Å². The van der Waals surface area contributed by atoms with Crippen LogP contribution in [0.4, 0.5) is 0 Å². The molecule has 0 bridgehead atoms. The second-order valence-electron chi connectivity index (χ2n) is 21.2. The highest BCUT2D eigenvalue weighted by atomic mass is 16.4. The fourth-order valence-electron chi connectivity index (χ4n) is 8.89. The lowest BCUT2D eigenvalue weighted by atomic mass is 9.96. The normalized spacial score (nSPS) is 18.2. The molecule has 1 fully saturated rings. The van der Waals surface area contributed by atoms with Gasteiger partial charge in [-0.05, 0) is 89.7 Å². The molecule has 15 atom stereocenters. The predicted molar refractivity (Wildman–Crippen MR) is 300 cm³/mol. The topological polar surface area (TPSA) is 489 Å². The van der Waals surface area contributed by atoms with E-state index in [1.54, 1.807) is 51.1 Å². The van der Waals surface area contributed by atoms with Crippen molar-refractivity contribution in [3.63, 3.8) is 0 Å². The number of aliphatic hydroxyl groups excluding tert-OH is 3. The van der Waals surface area contributed by atoms with E-state index >= 15 is 0 Å². The van der Waals surface area contributed by atoms with E-state index in [1.165, 1.54) is 11.8 Å². The number of amides is 11. The van der Waals surface area contributed by atoms with Crippen molar-refractivity contribution in [2.24, 2.45) is 34.8 Å². The minimum absolute atomic E-state index is 0.106. The number of carbonyl (C=O) groups excluding carboxylic acids is 11. The summed E-state index contributed by atoms with van der Waals surface area (Å²) in [5.74, 6) is -12.9. The smallest absolute Gasteiger partial charge is 0.328 e. The Morgan fingerprint density at radius 2 is 0.976 bits per heavy atom. The zero-order valence-corrected chi connectivity index (χ0v) is 48.4. The highest BCUT2D eigenvalue weighted by molar-refractivity contribution is 5.99. The minimum atomic E-state index is -1.94. The van der Waals surface area contributed by atoms with Gasteiger partial charge in [0, 0.05) is 25.8 Å². The van der Waals surface area contributed by atoms with Gasteiger partial charge >= 0.3 is 5.97 Å². The third kappa shape index (κ3) is 23.4. The summed E-state index contributed by atoms with van der Waals surface area (Å²) >= 11 is 0. The number of nitrogens with zero attached hydrogens (tertiary/aromatic N) is 1. The molecule has 0 spiro atoms. The molecule has 1 aromatic rings. The molecular weight excluding hydrogens is 1090 g/mol. The number of unbranched alkanes of at least 4 members (excludes halogenated alkanes) is 1. The number of rotatable bonds is 37. The van der Waals surface area contributed by atoms with Crippen molar-refractivity contribution in [3.05, 3.63) is 35.9 Å². The van der Waals surface area contributed by atoms with E-state index in [-0.39, 0.29) is 51.1 Å². The standard InChI is InChI=1S/C54H89N13O16/c1-8-27(3)40(58)53(81)67-25-15-19-37(67)49(77)65-43(30(6)69)52(80)60-33(18-13-14-24-55)45(73)59-34(20-22-38(56)71)47(75)64-42(29(5)68)51(79)61-35(21-23-39(57)72)46(74)63-41(28(4)9-2)50(78)62-36(26-32-16-11-10-12-17-32)48(76)66-44(31(7)70)54(82)83/h10-12,16-17,27-31,33-37,40-44,68-70H,8-9,13-15,18-26,55,58H2,1-7H3,(H2,56,71)(H2,57,72)(H,59,73)(H,60,80)(H,61,79)(H,62,78)(H,63,74)(H,64,75)(H,65,77)(H,66,76)(H,82,83)/t27-,28-,29+,30+,31+,33-,34-,35-,36-,37-,40-,41-,42-,43-,44-/m0/s1. The van der Waals surface area contributed by atoms with Crippen molar-refractivity contribution in [2.75, 3.05) is 13.1 Å². The fraction of sp³-hybridized carbons (Fsp3) is 0.667. The van der Waals surface area contributed by atoms with Crippen LogP contribution in [0.2, 0.25) is 0 Å². The molecule has 29 nitrogen and oxygen atoms in total. The van der Waals surface area contributed by atoms with Crippen molar-refractivity contribution in [1.82, 2.24) is 47.4 Å². The fourth-order valence-corrected chi connectivity index (χ4v) is 8.89. The highest BCUT2D eigenvalue weighted by Crippen LogP contribution is 2.21. The molecule has 0 unspecified atom stereocenters. The first kappa shape index (κ1) is 71.8. The molecule has 29 heteroatoms. The molecule has 1 heterocycles. The van der Waals surface area contributed by atoms with Crippen LogP contribution in [0.15, 0.2) is 30.3 Å². The molecule has 11 amide bonds. The minimum Gasteiger partial charge on any atom is -0.480 e. The van der Waals surface area contributed by atoms with Crippen LogP contribution < -0.4 is 65.5 Å². The van der Waals surface area contributed by atoms with Crippen LogP contribution in [0, 0.1) is 11.8 Å². The van der Waals surface area contributed by atoms with Crippen LogP contribution in [-0.2, 0) is 64.0 Å². The van der Waals surface area contributed by atoms with E-state index in [0.29, 0.717) is 24.8 Å². The number of aliphatic carboxylic acids is 1. The van der Waals surface area contributed by atoms with Crippen molar-refractivity contribution < 1.29 is 78.0 Å². The maximum Gasteiger partial charge on any atom is 0.328 e. The van der Waals surface area contributed by atoms with Crippen molar-refractivity contribution in [2.45, 2.75) is 204 Å². The number of carboxylic acids is 1. The summed E-state index contributed by atoms with van der Waals surface area (Å²) in [7, 11) is 0. The van der Waals surface area contributed by atoms with Gasteiger partial charge in [-0.3, -0.25) is 52.7 Å². The van der Waals surface area contributed by atoms with Gasteiger partial charge in [0.15, 0.2) is 6.04 Å². The van der Waals surface area contributed by atoms with Crippen LogP contribution in [0.3, 0.4) is 0 Å². The molecule has 0 aromatic heterocycles. The average Bonchev–Trinajstić information content (AvgIpc) is 4.12. The number of nitrogens with one attached hydrogen (secondary N) is 8. The highest BCUT2D eigenvalue weighted by Gasteiger charge is 2.41. The molecule has 2 rings (SSSR count). The SMILES string of the molecule is CC[C@H](C)[C@H](N)C(=O)N1CCC[C@H]1C(=O)N[C@H](C(=O)N[C@@H](CCCCN)C(=O)N[C@@H](CCC(N)=O)C(=O)N[C@H](C(=O)N[C@@H](CCC(N)=O)C(=O)N[C@H](C(=O)N[C@@H](Cc1ccccc1)C(=O)N[C@H](C(=O)O)[C@@H](C)O)[C@@H](C)CC)[C@@H](C)O)[C@@H](C)O. The quantitative estimate of drug-likeness (QED) is 0.0279. The first-order valence-electron chi connectivity index (χ1n) is 28.1. The molecule has 466 valence electrons. The molecule has 1 aliphatic heterocycles. The largest absolute Gasteiger partial charge is 0.480 e. The van der Waals surface area contributed by atoms with Gasteiger partial charge in [-0.1, -0.05) is 70.9 Å². The number of aliphatic hydroxyl groups is 3. The molecule has 0 radical (unpaired) electrons. The third-order valence-corrected chi connectivity index (χ3v) is 14.5. The second kappa shape index (κ2) is 35.6. The Morgan fingerprint density at radius 1 is 0.554 bits per heavy atom. The van der Waals surface area contributed by atoms with Crippen molar-refractivity contribution in [3.8, 4) is 0 Å². The van der Waals surface area contributed by atoms with Gasteiger partial charge in [0.2, 0.25) is 65.0 Å². The Hall–Kier alpha value is -7.34. The first-order valence-corrected chi connectivity index (χ1v) is 28.1. The molecule has 1 aliphatic rings. The molecule has 1 aromatic carbocycles. The van der Waals surface area contributed by atoms with E-state index in [0.717, 1.165) is 13.8 Å². The number of carboxylic acid groups (broad SMARTS) is 1. The summed E-state index contributed by atoms with van der Waals surface area (Å²) in [5, 5.41) is 60.8. The van der Waals surface area contributed by atoms with Crippen molar-refractivity contribution >= 4 is 70.9 Å². The molecule has 1 saturated heterocycles. The molecule has 0 saturated carbocycles. The lowest BCUT2D eigenvalue weighted by molar-refractivity contribution is -0.145. The zero-order valence-electron chi connectivity index (χ0n) is 48.4. The number of hydrogen-bond donors (Lipinski definition) is 16. The van der Waals surface area contributed by atoms with Gasteiger partial charge in [-0.2, -0.15) is 0 Å². The Bertz CT molecular complexity index is 2380. The van der Waals surface area contributed by atoms with Gasteiger partial charge in [-0.15, -0.1) is 0 Å². The zero-order chi connectivity index (χ0) is 62.8. The van der Waals surface area contributed by atoms with Gasteiger partial charge in [0.25, 0.3) is 0 Å². The van der Waals surface area contributed by atoms with Gasteiger partial charge in [0.1, 0.15) is 48.3 Å². The Labute approximate surface area is 483 Å². The van der Waals surface area contributed by atoms with E-state index < -0.39 is 181 Å². The van der Waals surface area contributed by atoms with Crippen LogP contribution in [0.5, 0.6) is 0 Å². The number of carbonyl (C=O) groups is 12. The Kier molecular flexibility index (Phi) is 30.8. The van der Waals surface area contributed by atoms with E-state index in [1.807, 2.05) is 6.92 Å². The Balaban J connectivity index is 2.44. The summed E-state index contributed by atoms with van der Waals surface area (Å²) in [5.41, 5.74) is 23.3.